The van der Waals surface area contributed by atoms with Crippen LogP contribution in [0.4, 0.5) is 0 Å². The van der Waals surface area contributed by atoms with Gasteiger partial charge in [-0.3, -0.25) is 4.79 Å². The zero-order chi connectivity index (χ0) is 21.5. The van der Waals surface area contributed by atoms with Crippen molar-refractivity contribution in [3.63, 3.8) is 0 Å². The fourth-order valence-electron chi connectivity index (χ4n) is 3.44. The highest BCUT2D eigenvalue weighted by Gasteiger charge is 2.30. The lowest BCUT2D eigenvalue weighted by molar-refractivity contribution is 0.0734. The van der Waals surface area contributed by atoms with E-state index in [1.807, 2.05) is 6.07 Å². The van der Waals surface area contributed by atoms with Crippen molar-refractivity contribution in [2.75, 3.05) is 6.79 Å². The number of ether oxygens (including phenoxy) is 4. The van der Waals surface area contributed by atoms with Gasteiger partial charge in [0.1, 0.15) is 11.5 Å². The average molecular weight is 479 g/mol. The number of halogens is 1. The monoisotopic (exact) mass is 478 g/mol. The highest BCUT2D eigenvalue weighted by Crippen LogP contribution is 2.39. The Morgan fingerprint density at radius 1 is 1.00 bits per heavy atom. The number of hydrogen-bond donors (Lipinski definition) is 0. The van der Waals surface area contributed by atoms with Gasteiger partial charge in [-0.05, 0) is 66.6 Å². The molecular formula is C24H15BrO6. The van der Waals surface area contributed by atoms with Gasteiger partial charge < -0.3 is 18.9 Å². The molecule has 6 nitrogen and oxygen atoms in total. The van der Waals surface area contributed by atoms with E-state index in [0.29, 0.717) is 39.7 Å². The van der Waals surface area contributed by atoms with Crippen molar-refractivity contribution in [2.45, 2.75) is 6.92 Å². The van der Waals surface area contributed by atoms with Crippen molar-refractivity contribution < 1.29 is 28.5 Å². The molecule has 0 unspecified atom stereocenters. The Morgan fingerprint density at radius 2 is 1.77 bits per heavy atom. The summed E-state index contributed by atoms with van der Waals surface area (Å²) in [7, 11) is 0. The lowest BCUT2D eigenvalue weighted by Gasteiger charge is -2.08. The van der Waals surface area contributed by atoms with Crippen molar-refractivity contribution in [3.8, 4) is 23.0 Å². The Kier molecular flexibility index (Phi) is 4.75. The first-order valence-electron chi connectivity index (χ1n) is 9.44. The zero-order valence-electron chi connectivity index (χ0n) is 16.3. The van der Waals surface area contributed by atoms with Crippen LogP contribution >= 0.6 is 15.9 Å². The van der Waals surface area contributed by atoms with Gasteiger partial charge in [-0.15, -0.1) is 0 Å². The smallest absolute Gasteiger partial charge is 0.343 e. The fraction of sp³-hybridized carbons (Fsp3) is 0.0833. The van der Waals surface area contributed by atoms with Crippen molar-refractivity contribution in [1.82, 2.24) is 0 Å². The second-order valence-corrected chi connectivity index (χ2v) is 7.98. The number of benzene rings is 3. The second-order valence-electron chi connectivity index (χ2n) is 7.06. The van der Waals surface area contributed by atoms with E-state index in [4.69, 9.17) is 18.9 Å². The molecule has 7 heteroatoms. The van der Waals surface area contributed by atoms with Crippen molar-refractivity contribution in [2.24, 2.45) is 0 Å². The fourth-order valence-corrected chi connectivity index (χ4v) is 3.71. The second kappa shape index (κ2) is 7.59. The van der Waals surface area contributed by atoms with Crippen LogP contribution in [-0.4, -0.2) is 18.5 Å². The summed E-state index contributed by atoms with van der Waals surface area (Å²) < 4.78 is 22.9. The van der Waals surface area contributed by atoms with Gasteiger partial charge in [0.25, 0.3) is 0 Å². The van der Waals surface area contributed by atoms with Gasteiger partial charge in [-0.25, -0.2) is 4.79 Å². The number of aryl methyl sites for hydroxylation is 1. The van der Waals surface area contributed by atoms with E-state index in [0.717, 1.165) is 10.0 Å². The third-order valence-electron chi connectivity index (χ3n) is 4.93. The first kappa shape index (κ1) is 19.4. The maximum absolute atomic E-state index is 12.9. The number of ketones is 1. The number of Topliss-reactive ketones (excluding diaryl/α,β-unsaturated/α-hetero) is 1. The normalized spacial score (nSPS) is 15.0. The number of carbonyl (C=O) groups is 2. The van der Waals surface area contributed by atoms with Gasteiger partial charge in [0.05, 0.1) is 11.1 Å². The molecule has 0 bridgehead atoms. The van der Waals surface area contributed by atoms with Crippen LogP contribution in [0.25, 0.3) is 6.08 Å². The highest BCUT2D eigenvalue weighted by molar-refractivity contribution is 9.10. The predicted molar refractivity (Wildman–Crippen MR) is 116 cm³/mol. The Hall–Kier alpha value is -3.58. The lowest BCUT2D eigenvalue weighted by atomic mass is 10.0. The quantitative estimate of drug-likeness (QED) is 0.288. The summed E-state index contributed by atoms with van der Waals surface area (Å²) >= 11 is 3.34. The average Bonchev–Trinajstić information content (AvgIpc) is 3.33. The number of hydrogen-bond acceptors (Lipinski definition) is 6. The number of fused-ring (bicyclic) bond motifs is 2. The summed E-state index contributed by atoms with van der Waals surface area (Å²) in [6, 6.07) is 15.5. The summed E-state index contributed by atoms with van der Waals surface area (Å²) in [6.07, 6.45) is 1.65. The van der Waals surface area contributed by atoms with E-state index in [-0.39, 0.29) is 18.3 Å². The van der Waals surface area contributed by atoms with Crippen LogP contribution in [0.15, 0.2) is 64.8 Å². The summed E-state index contributed by atoms with van der Waals surface area (Å²) in [5, 5.41) is 0. The van der Waals surface area contributed by atoms with Gasteiger partial charge in [-0.2, -0.15) is 0 Å². The van der Waals surface area contributed by atoms with E-state index in [1.54, 1.807) is 61.5 Å². The van der Waals surface area contributed by atoms with E-state index in [9.17, 15) is 9.59 Å². The summed E-state index contributed by atoms with van der Waals surface area (Å²) in [6.45, 7) is 1.96. The van der Waals surface area contributed by atoms with Crippen LogP contribution in [0.3, 0.4) is 0 Å². The molecule has 31 heavy (non-hydrogen) atoms. The van der Waals surface area contributed by atoms with Crippen LogP contribution in [0.5, 0.6) is 23.0 Å². The predicted octanol–water partition coefficient (Wildman–Crippen LogP) is 5.32. The first-order chi connectivity index (χ1) is 15.0. The largest absolute Gasteiger partial charge is 0.454 e. The van der Waals surface area contributed by atoms with Gasteiger partial charge in [0.2, 0.25) is 12.6 Å². The third kappa shape index (κ3) is 3.68. The number of allylic oxidation sites excluding steroid dienone is 1. The van der Waals surface area contributed by atoms with Gasteiger partial charge in [-0.1, -0.05) is 22.0 Å². The third-order valence-corrected chi connectivity index (χ3v) is 5.46. The molecule has 3 aromatic carbocycles. The first-order valence-corrected chi connectivity index (χ1v) is 10.2. The molecule has 0 aliphatic carbocycles. The zero-order valence-corrected chi connectivity index (χ0v) is 17.9. The van der Waals surface area contributed by atoms with Crippen LogP contribution in [0.2, 0.25) is 0 Å². The van der Waals surface area contributed by atoms with Crippen LogP contribution in [-0.2, 0) is 0 Å². The van der Waals surface area contributed by atoms with E-state index in [2.05, 4.69) is 15.9 Å². The maximum atomic E-state index is 12.9. The molecule has 0 N–H and O–H groups in total. The number of esters is 1. The van der Waals surface area contributed by atoms with Crippen molar-refractivity contribution in [1.29, 1.82) is 0 Å². The molecular weight excluding hydrogens is 464 g/mol. The van der Waals surface area contributed by atoms with Gasteiger partial charge in [0.15, 0.2) is 17.3 Å². The Labute approximate surface area is 186 Å². The van der Waals surface area contributed by atoms with Gasteiger partial charge >= 0.3 is 5.97 Å². The lowest BCUT2D eigenvalue weighted by Crippen LogP contribution is -2.08. The standard InChI is InChI=1S/C24H15BrO6/c1-13-8-17(30-24(27)15-3-5-16(25)6-4-15)11-20-22(13)23(26)21(31-20)10-14-2-7-18-19(9-14)29-12-28-18/h2-11H,12H2,1H3/b21-10-. The topological polar surface area (TPSA) is 71.1 Å². The van der Waals surface area contributed by atoms with Crippen LogP contribution in [0, 0.1) is 6.92 Å². The molecule has 0 spiro atoms. The van der Waals surface area contributed by atoms with Crippen molar-refractivity contribution >= 4 is 33.8 Å². The van der Waals surface area contributed by atoms with E-state index in [1.165, 1.54) is 0 Å². The van der Waals surface area contributed by atoms with Crippen LogP contribution < -0.4 is 18.9 Å². The van der Waals surface area contributed by atoms with Crippen LogP contribution in [0.1, 0.15) is 31.8 Å². The molecule has 0 fully saturated rings. The summed E-state index contributed by atoms with van der Waals surface area (Å²) in [4.78, 5) is 25.3. The van der Waals surface area contributed by atoms with Gasteiger partial charge in [0, 0.05) is 10.5 Å². The molecule has 2 aliphatic rings. The minimum absolute atomic E-state index is 0.178. The van der Waals surface area contributed by atoms with Crippen molar-refractivity contribution in [3.05, 3.63) is 87.1 Å². The molecule has 2 aliphatic heterocycles. The summed E-state index contributed by atoms with van der Waals surface area (Å²) in [5.74, 6) is 1.42. The van der Waals surface area contributed by atoms with E-state index >= 15 is 0 Å². The highest BCUT2D eigenvalue weighted by atomic mass is 79.9. The molecule has 0 aromatic heterocycles. The minimum atomic E-state index is -0.493. The molecule has 3 aromatic rings. The van der Waals surface area contributed by atoms with E-state index < -0.39 is 5.97 Å². The molecule has 0 radical (unpaired) electrons. The Bertz CT molecular complexity index is 1260. The minimum Gasteiger partial charge on any atom is -0.454 e. The molecule has 0 atom stereocenters. The molecule has 0 saturated heterocycles. The molecule has 2 heterocycles. The molecule has 0 saturated carbocycles. The number of carbonyl (C=O) groups excluding carboxylic acids is 2. The maximum Gasteiger partial charge on any atom is 0.343 e. The number of rotatable bonds is 3. The molecule has 5 rings (SSSR count). The Balaban J connectivity index is 1.40. The Morgan fingerprint density at radius 3 is 2.58 bits per heavy atom. The molecule has 154 valence electrons. The molecule has 0 amide bonds. The summed E-state index contributed by atoms with van der Waals surface area (Å²) in [5.41, 5.74) is 2.28. The SMILES string of the molecule is Cc1cc(OC(=O)c2ccc(Br)cc2)cc2c1C(=O)/C(=C/c1ccc3c(c1)OCO3)O2.